The van der Waals surface area contributed by atoms with Crippen molar-refractivity contribution in [3.8, 4) is 22.4 Å². The number of anilines is 2. The van der Waals surface area contributed by atoms with Crippen LogP contribution in [0.5, 0.6) is 0 Å². The number of aryl methyl sites for hydroxylation is 1. The fraction of sp³-hybridized carbons (Fsp3) is 0.357. The van der Waals surface area contributed by atoms with E-state index < -0.39 is 11.8 Å². The Labute approximate surface area is 209 Å². The minimum Gasteiger partial charge on any atom is -0.338 e. The maximum Gasteiger partial charge on any atom is 0.319 e. The second-order valence-electron chi connectivity index (χ2n) is 10.2. The van der Waals surface area contributed by atoms with Gasteiger partial charge in [-0.1, -0.05) is 25.1 Å². The normalized spacial score (nSPS) is 15.8. The van der Waals surface area contributed by atoms with E-state index in [9.17, 15) is 14.0 Å². The summed E-state index contributed by atoms with van der Waals surface area (Å²) in [5.74, 6) is 0.0534. The van der Waals surface area contributed by atoms with Gasteiger partial charge >= 0.3 is 6.03 Å². The first-order valence-electron chi connectivity index (χ1n) is 12.4. The summed E-state index contributed by atoms with van der Waals surface area (Å²) >= 11 is 0. The van der Waals surface area contributed by atoms with Crippen molar-refractivity contribution in [3.05, 3.63) is 60.2 Å². The Hall–Kier alpha value is -3.81. The number of benzene rings is 2. The van der Waals surface area contributed by atoms with Gasteiger partial charge in [0.25, 0.3) is 0 Å². The minimum absolute atomic E-state index is 0.0128. The topological polar surface area (TPSA) is 96.0 Å². The molecule has 3 amide bonds. The van der Waals surface area contributed by atoms with Gasteiger partial charge in [-0.3, -0.25) is 4.79 Å². The number of halogens is 1. The molecule has 0 aliphatic heterocycles. The highest BCUT2D eigenvalue weighted by Gasteiger charge is 2.36. The summed E-state index contributed by atoms with van der Waals surface area (Å²) in [5.41, 5.74) is 4.38. The van der Waals surface area contributed by atoms with Crippen molar-refractivity contribution in [3.63, 3.8) is 0 Å². The number of carbonyl (C=O) groups is 2. The van der Waals surface area contributed by atoms with Gasteiger partial charge in [0.15, 0.2) is 0 Å². The third-order valence-corrected chi connectivity index (χ3v) is 7.02. The van der Waals surface area contributed by atoms with Crippen LogP contribution >= 0.6 is 0 Å². The number of carbonyl (C=O) groups excluding carboxylic acids is 2. The third-order valence-electron chi connectivity index (χ3n) is 7.02. The van der Waals surface area contributed by atoms with Crippen LogP contribution < -0.4 is 16.0 Å². The van der Waals surface area contributed by atoms with E-state index in [-0.39, 0.29) is 17.5 Å². The molecule has 0 atom stereocenters. The predicted octanol–water partition coefficient (Wildman–Crippen LogP) is 5.92. The number of amides is 3. The van der Waals surface area contributed by atoms with Crippen LogP contribution in [0.3, 0.4) is 0 Å². The van der Waals surface area contributed by atoms with Crippen molar-refractivity contribution >= 4 is 23.4 Å². The third kappa shape index (κ3) is 5.70. The maximum absolute atomic E-state index is 14.7. The van der Waals surface area contributed by atoms with Gasteiger partial charge in [0, 0.05) is 24.1 Å². The van der Waals surface area contributed by atoms with Gasteiger partial charge in [0.05, 0.1) is 11.4 Å². The van der Waals surface area contributed by atoms with Crippen molar-refractivity contribution in [1.29, 1.82) is 0 Å². The molecule has 0 spiro atoms. The summed E-state index contributed by atoms with van der Waals surface area (Å²) in [7, 11) is 0. The summed E-state index contributed by atoms with van der Waals surface area (Å²) in [4.78, 5) is 33.0. The monoisotopic (exact) mass is 487 g/mol. The zero-order chi connectivity index (χ0) is 25.3. The molecule has 1 heterocycles. The Morgan fingerprint density at radius 3 is 2.58 bits per heavy atom. The first kappa shape index (κ1) is 23.9. The number of aromatic nitrogens is 2. The highest BCUT2D eigenvalue weighted by atomic mass is 19.1. The van der Waals surface area contributed by atoms with E-state index in [1.54, 1.807) is 12.1 Å². The molecule has 3 aromatic rings. The lowest BCUT2D eigenvalue weighted by molar-refractivity contribution is -0.117. The Bertz CT molecular complexity index is 1320. The largest absolute Gasteiger partial charge is 0.338 e. The van der Waals surface area contributed by atoms with E-state index in [0.29, 0.717) is 23.5 Å². The lowest BCUT2D eigenvalue weighted by atomic mass is 9.97. The molecule has 0 radical (unpaired) electrons. The van der Waals surface area contributed by atoms with Gasteiger partial charge in [-0.25, -0.2) is 19.2 Å². The summed E-state index contributed by atoms with van der Waals surface area (Å²) in [6, 6.07) is 12.1. The van der Waals surface area contributed by atoms with Gasteiger partial charge in [-0.05, 0) is 79.3 Å². The summed E-state index contributed by atoms with van der Waals surface area (Å²) in [5, 5.41) is 8.33. The molecular weight excluding hydrogens is 457 g/mol. The van der Waals surface area contributed by atoms with Gasteiger partial charge in [-0.15, -0.1) is 0 Å². The minimum atomic E-state index is -0.483. The molecule has 2 aromatic carbocycles. The number of urea groups is 1. The molecule has 2 aliphatic carbocycles. The van der Waals surface area contributed by atoms with Crippen LogP contribution in [0.2, 0.25) is 0 Å². The van der Waals surface area contributed by atoms with Crippen LogP contribution in [-0.2, 0) is 4.79 Å². The van der Waals surface area contributed by atoms with E-state index in [4.69, 9.17) is 0 Å². The fourth-order valence-corrected chi connectivity index (χ4v) is 4.19. The molecule has 8 heteroatoms. The Balaban J connectivity index is 1.33. The molecule has 0 unspecified atom stereocenters. The maximum atomic E-state index is 14.7. The second-order valence-corrected chi connectivity index (χ2v) is 10.2. The van der Waals surface area contributed by atoms with Crippen LogP contribution in [0.15, 0.2) is 48.8 Å². The standard InChI is InChI=1S/C28H30FN5O2/c1-17-12-22(29)24(33-27(36)30-11-10-28(2)8-9-28)14-21(17)19-4-3-5-20(13-19)23-15-25(32-16-31-23)34-26(35)18-6-7-18/h3-5,12-16,18H,6-11H2,1-2H3,(H2,30,33,36)(H,31,32,34,35). The fourth-order valence-electron chi connectivity index (χ4n) is 4.19. The van der Waals surface area contributed by atoms with Crippen LogP contribution in [0, 0.1) is 24.1 Å². The van der Waals surface area contributed by atoms with E-state index in [1.165, 1.54) is 25.2 Å². The number of hydrogen-bond donors (Lipinski definition) is 3. The molecule has 186 valence electrons. The van der Waals surface area contributed by atoms with Crippen molar-refractivity contribution in [2.24, 2.45) is 11.3 Å². The molecule has 3 N–H and O–H groups in total. The lowest BCUT2D eigenvalue weighted by Crippen LogP contribution is -2.30. The number of nitrogens with one attached hydrogen (secondary N) is 3. The molecule has 7 nitrogen and oxygen atoms in total. The smallest absolute Gasteiger partial charge is 0.319 e. The summed E-state index contributed by atoms with van der Waals surface area (Å²) < 4.78 is 14.7. The van der Waals surface area contributed by atoms with Crippen molar-refractivity contribution < 1.29 is 14.0 Å². The summed E-state index contributed by atoms with van der Waals surface area (Å²) in [6.45, 7) is 4.60. The Kier molecular flexibility index (Phi) is 6.43. The first-order valence-corrected chi connectivity index (χ1v) is 12.4. The van der Waals surface area contributed by atoms with Crippen molar-refractivity contribution in [2.45, 2.75) is 46.0 Å². The van der Waals surface area contributed by atoms with E-state index in [1.807, 2.05) is 31.2 Å². The van der Waals surface area contributed by atoms with Gasteiger partial charge < -0.3 is 16.0 Å². The van der Waals surface area contributed by atoms with Gasteiger partial charge in [0.2, 0.25) is 5.91 Å². The summed E-state index contributed by atoms with van der Waals surface area (Å²) in [6.07, 6.45) is 6.57. The average molecular weight is 488 g/mol. The molecule has 0 saturated heterocycles. The molecule has 5 rings (SSSR count). The molecular formula is C28H30FN5O2. The molecule has 2 fully saturated rings. The average Bonchev–Trinajstić information content (AvgIpc) is 3.78. The number of rotatable bonds is 8. The van der Waals surface area contributed by atoms with Crippen LogP contribution in [0.4, 0.5) is 20.7 Å². The van der Waals surface area contributed by atoms with Crippen LogP contribution in [0.25, 0.3) is 22.4 Å². The Morgan fingerprint density at radius 2 is 1.83 bits per heavy atom. The van der Waals surface area contributed by atoms with E-state index >= 15 is 0 Å². The lowest BCUT2D eigenvalue weighted by Gasteiger charge is -2.14. The highest BCUT2D eigenvalue weighted by molar-refractivity contribution is 5.93. The number of nitrogens with zero attached hydrogens (tertiary/aromatic N) is 2. The molecule has 36 heavy (non-hydrogen) atoms. The second kappa shape index (κ2) is 9.68. The van der Waals surface area contributed by atoms with Crippen LogP contribution in [-0.4, -0.2) is 28.5 Å². The van der Waals surface area contributed by atoms with E-state index in [2.05, 4.69) is 32.8 Å². The zero-order valence-electron chi connectivity index (χ0n) is 20.5. The number of hydrogen-bond acceptors (Lipinski definition) is 4. The molecule has 2 saturated carbocycles. The predicted molar refractivity (Wildman–Crippen MR) is 138 cm³/mol. The SMILES string of the molecule is Cc1cc(F)c(NC(=O)NCCC2(C)CC2)cc1-c1cccc(-c2cc(NC(=O)C3CC3)ncn2)c1. The molecule has 0 bridgehead atoms. The Morgan fingerprint density at radius 1 is 1.06 bits per heavy atom. The van der Waals surface area contributed by atoms with Gasteiger partial charge in [0.1, 0.15) is 18.0 Å². The first-order chi connectivity index (χ1) is 17.3. The van der Waals surface area contributed by atoms with Crippen molar-refractivity contribution in [2.75, 3.05) is 17.2 Å². The van der Waals surface area contributed by atoms with Crippen LogP contribution in [0.1, 0.15) is 44.6 Å². The molecule has 1 aromatic heterocycles. The van der Waals surface area contributed by atoms with E-state index in [0.717, 1.165) is 41.5 Å². The zero-order valence-corrected chi connectivity index (χ0v) is 20.5. The van der Waals surface area contributed by atoms with Gasteiger partial charge in [-0.2, -0.15) is 0 Å². The quantitative estimate of drug-likeness (QED) is 0.368. The molecule has 2 aliphatic rings. The highest BCUT2D eigenvalue weighted by Crippen LogP contribution is 2.47. The van der Waals surface area contributed by atoms with Crippen molar-refractivity contribution in [1.82, 2.24) is 15.3 Å².